The molecule has 1 aromatic rings. The van der Waals surface area contributed by atoms with Gasteiger partial charge >= 0.3 is 0 Å². The van der Waals surface area contributed by atoms with E-state index >= 15 is 0 Å². The lowest BCUT2D eigenvalue weighted by atomic mass is 10.0. The predicted molar refractivity (Wildman–Crippen MR) is 155 cm³/mol. The molecule has 5 atom stereocenters. The average molecular weight is 592 g/mol. The Bertz CT molecular complexity index is 1040. The summed E-state index contributed by atoms with van der Waals surface area (Å²) in [4.78, 5) is 75.1. The second kappa shape index (κ2) is 19.3. The van der Waals surface area contributed by atoms with Crippen molar-refractivity contribution in [3.05, 3.63) is 35.9 Å². The van der Waals surface area contributed by atoms with Crippen molar-refractivity contribution >= 4 is 35.8 Å². The van der Waals surface area contributed by atoms with Gasteiger partial charge in [0, 0.05) is 6.42 Å². The van der Waals surface area contributed by atoms with Crippen LogP contribution in [-0.4, -0.2) is 90.8 Å². The minimum absolute atomic E-state index is 0.119. The molecule has 0 bridgehead atoms. The minimum atomic E-state index is -1.44. The van der Waals surface area contributed by atoms with Crippen molar-refractivity contribution in [2.45, 2.75) is 76.7 Å². The Labute approximate surface area is 246 Å². The number of aliphatic hydroxyl groups excluding tert-OH is 1. The fraction of sp³-hybridized carbons (Fsp3) is 0.571. The van der Waals surface area contributed by atoms with Gasteiger partial charge in [0.2, 0.25) is 29.5 Å². The standard InChI is InChI=1S/C28H45N7O7/c1-17(2)24(35-23(38)14-30)28(42)34-22(16-37)27(41)32-20(11-7-8-12-29)25(39)33-21(26(40)31-18(3)15-36)13-19-9-5-4-6-10-19/h4-6,9-10,15,17-18,20-22,24,37H,7-8,11-14,16,29-30H2,1-3H3,(H,31,40)(H,32,41)(H,33,39)(H,34,42)(H,35,38)/t18-,20-,21-,22-,24-/m0/s1. The molecule has 42 heavy (non-hydrogen) atoms. The maximum Gasteiger partial charge on any atom is 0.245 e. The van der Waals surface area contributed by atoms with Gasteiger partial charge in [-0.15, -0.1) is 0 Å². The van der Waals surface area contributed by atoms with E-state index in [1.165, 1.54) is 6.92 Å². The van der Waals surface area contributed by atoms with Gasteiger partial charge in [0.05, 0.1) is 19.2 Å². The first kappa shape index (κ1) is 36.1. The van der Waals surface area contributed by atoms with E-state index in [1.54, 1.807) is 44.2 Å². The smallest absolute Gasteiger partial charge is 0.245 e. The highest BCUT2D eigenvalue weighted by atomic mass is 16.3. The van der Waals surface area contributed by atoms with Crippen molar-refractivity contribution in [1.29, 1.82) is 0 Å². The average Bonchev–Trinajstić information content (AvgIpc) is 2.97. The summed E-state index contributed by atoms with van der Waals surface area (Å²) in [5.74, 6) is -3.74. The third kappa shape index (κ3) is 12.7. The van der Waals surface area contributed by atoms with Gasteiger partial charge in [0.15, 0.2) is 0 Å². The number of carbonyl (C=O) groups excluding carboxylic acids is 6. The number of rotatable bonds is 19. The summed E-state index contributed by atoms with van der Waals surface area (Å²) in [6, 6.07) is 3.50. The molecule has 0 aliphatic carbocycles. The zero-order valence-corrected chi connectivity index (χ0v) is 24.4. The van der Waals surface area contributed by atoms with E-state index in [0.717, 1.165) is 5.56 Å². The van der Waals surface area contributed by atoms with E-state index in [9.17, 15) is 33.9 Å². The first-order valence-corrected chi connectivity index (χ1v) is 14.0. The van der Waals surface area contributed by atoms with Crippen LogP contribution in [0.5, 0.6) is 0 Å². The molecular formula is C28H45N7O7. The number of aldehydes is 1. The van der Waals surface area contributed by atoms with Crippen LogP contribution in [0.25, 0.3) is 0 Å². The first-order valence-electron chi connectivity index (χ1n) is 14.0. The van der Waals surface area contributed by atoms with Gasteiger partial charge in [-0.3, -0.25) is 24.0 Å². The lowest BCUT2D eigenvalue weighted by Crippen LogP contribution is -2.60. The fourth-order valence-corrected chi connectivity index (χ4v) is 3.95. The molecule has 0 aliphatic rings. The van der Waals surface area contributed by atoms with E-state index in [0.29, 0.717) is 25.7 Å². The van der Waals surface area contributed by atoms with Gasteiger partial charge in [0.1, 0.15) is 30.5 Å². The fourth-order valence-electron chi connectivity index (χ4n) is 3.95. The van der Waals surface area contributed by atoms with Crippen molar-refractivity contribution in [3.63, 3.8) is 0 Å². The number of hydrogen-bond donors (Lipinski definition) is 8. The number of benzene rings is 1. The van der Waals surface area contributed by atoms with E-state index < -0.39 is 66.4 Å². The summed E-state index contributed by atoms with van der Waals surface area (Å²) in [5.41, 5.74) is 11.7. The molecular weight excluding hydrogens is 546 g/mol. The zero-order valence-electron chi connectivity index (χ0n) is 24.4. The Kier molecular flexibility index (Phi) is 16.6. The number of nitrogens with two attached hydrogens (primary N) is 2. The number of carbonyl (C=O) groups is 6. The van der Waals surface area contributed by atoms with Crippen LogP contribution in [0.15, 0.2) is 30.3 Å². The second-order valence-electron chi connectivity index (χ2n) is 10.3. The molecule has 1 rings (SSSR count). The summed E-state index contributed by atoms with van der Waals surface area (Å²) in [6.07, 6.45) is 1.86. The largest absolute Gasteiger partial charge is 0.394 e. The number of nitrogens with one attached hydrogen (secondary N) is 5. The molecule has 0 aromatic heterocycles. The molecule has 0 fully saturated rings. The third-order valence-corrected chi connectivity index (χ3v) is 6.34. The van der Waals surface area contributed by atoms with Gasteiger partial charge in [-0.25, -0.2) is 0 Å². The van der Waals surface area contributed by atoms with Crippen LogP contribution in [0.1, 0.15) is 45.6 Å². The molecule has 0 spiro atoms. The number of unbranched alkanes of at least 4 members (excludes halogenated alkanes) is 1. The molecule has 10 N–H and O–H groups in total. The molecule has 14 heteroatoms. The molecule has 0 saturated carbocycles. The van der Waals surface area contributed by atoms with Crippen molar-refractivity contribution in [3.8, 4) is 0 Å². The van der Waals surface area contributed by atoms with Crippen molar-refractivity contribution in [2.75, 3.05) is 19.7 Å². The van der Waals surface area contributed by atoms with Gasteiger partial charge in [0.25, 0.3) is 0 Å². The molecule has 5 amide bonds. The highest BCUT2D eigenvalue weighted by Crippen LogP contribution is 2.08. The van der Waals surface area contributed by atoms with E-state index in [-0.39, 0.29) is 25.3 Å². The van der Waals surface area contributed by atoms with Crippen LogP contribution >= 0.6 is 0 Å². The van der Waals surface area contributed by atoms with Gasteiger partial charge < -0.3 is 48.0 Å². The SMILES string of the molecule is CC(C)[C@H](NC(=O)CN)C(=O)N[C@@H](CO)C(=O)N[C@@H](CCCCN)C(=O)N[C@@H](Cc1ccccc1)C(=O)N[C@@H](C)C=O. The summed E-state index contributed by atoms with van der Waals surface area (Å²) < 4.78 is 0. The van der Waals surface area contributed by atoms with E-state index in [1.807, 2.05) is 0 Å². The van der Waals surface area contributed by atoms with Crippen LogP contribution in [0.3, 0.4) is 0 Å². The van der Waals surface area contributed by atoms with Crippen molar-refractivity contribution in [1.82, 2.24) is 26.6 Å². The summed E-state index contributed by atoms with van der Waals surface area (Å²) in [5, 5.41) is 22.5. The molecule has 234 valence electrons. The molecule has 1 aromatic carbocycles. The first-order chi connectivity index (χ1) is 20.0. The summed E-state index contributed by atoms with van der Waals surface area (Å²) in [7, 11) is 0. The Morgan fingerprint density at radius 2 is 1.36 bits per heavy atom. The van der Waals surface area contributed by atoms with E-state index in [4.69, 9.17) is 11.5 Å². The Balaban J connectivity index is 3.11. The monoisotopic (exact) mass is 591 g/mol. The molecule has 0 unspecified atom stereocenters. The molecule has 14 nitrogen and oxygen atoms in total. The minimum Gasteiger partial charge on any atom is -0.394 e. The zero-order chi connectivity index (χ0) is 31.7. The molecule has 0 heterocycles. The number of amides is 5. The topological polar surface area (TPSA) is 235 Å². The molecule has 0 radical (unpaired) electrons. The van der Waals surface area contributed by atoms with Gasteiger partial charge in [-0.1, -0.05) is 44.2 Å². The second-order valence-corrected chi connectivity index (χ2v) is 10.3. The van der Waals surface area contributed by atoms with Crippen LogP contribution in [-0.2, 0) is 35.2 Å². The lowest BCUT2D eigenvalue weighted by Gasteiger charge is -2.27. The summed E-state index contributed by atoms with van der Waals surface area (Å²) in [6.45, 7) is 4.10. The quantitative estimate of drug-likeness (QED) is 0.0632. The van der Waals surface area contributed by atoms with Crippen molar-refractivity contribution < 1.29 is 33.9 Å². The maximum atomic E-state index is 13.4. The Morgan fingerprint density at radius 1 is 0.786 bits per heavy atom. The normalized spacial score (nSPS) is 14.5. The number of hydrogen-bond acceptors (Lipinski definition) is 9. The van der Waals surface area contributed by atoms with Gasteiger partial charge in [-0.05, 0) is 44.2 Å². The third-order valence-electron chi connectivity index (χ3n) is 6.34. The molecule has 0 saturated heterocycles. The molecule has 0 aliphatic heterocycles. The highest BCUT2D eigenvalue weighted by molar-refractivity contribution is 5.96. The van der Waals surface area contributed by atoms with Crippen LogP contribution in [0.4, 0.5) is 0 Å². The summed E-state index contributed by atoms with van der Waals surface area (Å²) >= 11 is 0. The Morgan fingerprint density at radius 3 is 1.90 bits per heavy atom. The van der Waals surface area contributed by atoms with Crippen LogP contribution in [0, 0.1) is 5.92 Å². The Hall–Kier alpha value is -3.88. The lowest BCUT2D eigenvalue weighted by molar-refractivity contribution is -0.135. The maximum absolute atomic E-state index is 13.4. The predicted octanol–water partition coefficient (Wildman–Crippen LogP) is -2.39. The van der Waals surface area contributed by atoms with Gasteiger partial charge in [-0.2, -0.15) is 0 Å². The number of aliphatic hydroxyl groups is 1. The van der Waals surface area contributed by atoms with E-state index in [2.05, 4.69) is 26.6 Å². The van der Waals surface area contributed by atoms with Crippen LogP contribution in [0.2, 0.25) is 0 Å². The highest BCUT2D eigenvalue weighted by Gasteiger charge is 2.32. The van der Waals surface area contributed by atoms with Crippen molar-refractivity contribution in [2.24, 2.45) is 17.4 Å². The van der Waals surface area contributed by atoms with Crippen LogP contribution < -0.4 is 38.1 Å².